The molecule has 0 aromatic carbocycles. The highest BCUT2D eigenvalue weighted by molar-refractivity contribution is 8.03. The standard InChI is InChI=1S/C7H17N5O5S2/c1-8-18(14,15)12(19(16,17)9-2)7(13)6-5-10-3-4-11-6/h6,8-11H,3-5H2,1-2H3/t6-/m1/s1. The topological polar surface area (TPSA) is 137 Å². The number of carbonyl (C=O) groups excluding carboxylic acids is 1. The van der Waals surface area contributed by atoms with E-state index in [1.807, 2.05) is 9.44 Å². The number of rotatable bonds is 5. The fourth-order valence-corrected chi connectivity index (χ4v) is 4.03. The van der Waals surface area contributed by atoms with Crippen LogP contribution in [0, 0.1) is 0 Å². The van der Waals surface area contributed by atoms with Crippen LogP contribution in [0.4, 0.5) is 0 Å². The van der Waals surface area contributed by atoms with Crippen molar-refractivity contribution >= 4 is 26.3 Å². The second kappa shape index (κ2) is 6.11. The van der Waals surface area contributed by atoms with Gasteiger partial charge in [-0.1, -0.05) is 0 Å². The molecule has 1 aliphatic rings. The number of nitrogens with zero attached hydrogens (tertiary/aromatic N) is 1. The average Bonchev–Trinajstić information content (AvgIpc) is 2.39. The molecule has 1 amide bonds. The van der Waals surface area contributed by atoms with Crippen molar-refractivity contribution in [2.24, 2.45) is 0 Å². The monoisotopic (exact) mass is 315 g/mol. The van der Waals surface area contributed by atoms with E-state index in [2.05, 4.69) is 10.6 Å². The molecule has 1 fully saturated rings. The minimum atomic E-state index is -4.46. The van der Waals surface area contributed by atoms with Gasteiger partial charge in [0.25, 0.3) is 5.91 Å². The van der Waals surface area contributed by atoms with E-state index < -0.39 is 32.4 Å². The fraction of sp³-hybridized carbons (Fsp3) is 0.857. The molecule has 0 aromatic rings. The van der Waals surface area contributed by atoms with Gasteiger partial charge in [-0.05, 0) is 0 Å². The average molecular weight is 315 g/mol. The normalized spacial score (nSPS) is 21.1. The zero-order valence-electron chi connectivity index (χ0n) is 10.5. The van der Waals surface area contributed by atoms with Crippen LogP contribution in [0.1, 0.15) is 0 Å². The third-order valence-corrected chi connectivity index (χ3v) is 5.91. The second-order valence-electron chi connectivity index (χ2n) is 3.66. The Balaban J connectivity index is 3.14. The van der Waals surface area contributed by atoms with Gasteiger partial charge in [0, 0.05) is 33.7 Å². The third-order valence-electron chi connectivity index (χ3n) is 2.47. The summed E-state index contributed by atoms with van der Waals surface area (Å²) in [5.41, 5.74) is 0. The predicted molar refractivity (Wildman–Crippen MR) is 67.5 cm³/mol. The molecule has 1 saturated heterocycles. The molecule has 0 unspecified atom stereocenters. The smallest absolute Gasteiger partial charge is 0.313 e. The molecule has 0 aromatic heterocycles. The lowest BCUT2D eigenvalue weighted by molar-refractivity contribution is -0.125. The summed E-state index contributed by atoms with van der Waals surface area (Å²) in [6.45, 7) is 1.19. The summed E-state index contributed by atoms with van der Waals surface area (Å²) >= 11 is 0. The maximum Gasteiger partial charge on any atom is 0.318 e. The summed E-state index contributed by atoms with van der Waals surface area (Å²) in [7, 11) is -6.88. The predicted octanol–water partition coefficient (Wildman–Crippen LogP) is -3.70. The van der Waals surface area contributed by atoms with Crippen LogP contribution in [0.25, 0.3) is 0 Å². The molecule has 1 aliphatic heterocycles. The van der Waals surface area contributed by atoms with Crippen molar-refractivity contribution < 1.29 is 21.6 Å². The largest absolute Gasteiger partial charge is 0.318 e. The summed E-state index contributed by atoms with van der Waals surface area (Å²) in [5.74, 6) is -1.07. The molecule has 0 spiro atoms. The molecular weight excluding hydrogens is 298 g/mol. The molecule has 12 heteroatoms. The maximum absolute atomic E-state index is 12.1. The number of carbonyl (C=O) groups is 1. The fourth-order valence-electron chi connectivity index (χ4n) is 1.49. The lowest BCUT2D eigenvalue weighted by Crippen LogP contribution is -2.61. The van der Waals surface area contributed by atoms with Crippen molar-refractivity contribution in [2.45, 2.75) is 6.04 Å². The summed E-state index contributed by atoms with van der Waals surface area (Å²) < 4.78 is 50.3. The lowest BCUT2D eigenvalue weighted by Gasteiger charge is -2.28. The van der Waals surface area contributed by atoms with Crippen LogP contribution < -0.4 is 20.1 Å². The van der Waals surface area contributed by atoms with Gasteiger partial charge in [-0.25, -0.2) is 0 Å². The minimum absolute atomic E-state index is 0.147. The van der Waals surface area contributed by atoms with Crippen LogP contribution >= 0.6 is 0 Å². The quantitative estimate of drug-likeness (QED) is 0.410. The lowest BCUT2D eigenvalue weighted by atomic mass is 10.2. The highest BCUT2D eigenvalue weighted by atomic mass is 32.3. The SMILES string of the molecule is CNS(=O)(=O)N(C(=O)[C@H]1CNCCN1)S(=O)(=O)NC. The van der Waals surface area contributed by atoms with E-state index in [-0.39, 0.29) is 10.3 Å². The number of nitrogens with one attached hydrogen (secondary N) is 4. The molecule has 0 bridgehead atoms. The summed E-state index contributed by atoms with van der Waals surface area (Å²) in [5, 5.41) is 5.62. The van der Waals surface area contributed by atoms with Crippen LogP contribution in [0.15, 0.2) is 0 Å². The first-order chi connectivity index (χ1) is 8.76. The summed E-state index contributed by atoms with van der Waals surface area (Å²) in [4.78, 5) is 12.1. The van der Waals surface area contributed by atoms with Gasteiger partial charge in [-0.15, -0.1) is 3.71 Å². The third kappa shape index (κ3) is 3.61. The van der Waals surface area contributed by atoms with E-state index in [0.29, 0.717) is 13.1 Å². The van der Waals surface area contributed by atoms with E-state index in [0.717, 1.165) is 14.1 Å². The van der Waals surface area contributed by atoms with Crippen LogP contribution in [0.5, 0.6) is 0 Å². The number of piperazine rings is 1. The molecule has 1 heterocycles. The zero-order valence-corrected chi connectivity index (χ0v) is 12.1. The molecular formula is C7H17N5O5S2. The number of hydrogen-bond donors (Lipinski definition) is 4. The van der Waals surface area contributed by atoms with Gasteiger partial charge in [-0.2, -0.15) is 26.3 Å². The van der Waals surface area contributed by atoms with E-state index in [1.54, 1.807) is 0 Å². The first kappa shape index (κ1) is 16.3. The van der Waals surface area contributed by atoms with Gasteiger partial charge < -0.3 is 10.6 Å². The van der Waals surface area contributed by atoms with Gasteiger partial charge in [0.2, 0.25) is 0 Å². The Morgan fingerprint density at radius 3 is 2.00 bits per heavy atom. The van der Waals surface area contributed by atoms with Crippen molar-refractivity contribution in [1.82, 2.24) is 23.8 Å². The Morgan fingerprint density at radius 1 is 1.11 bits per heavy atom. The van der Waals surface area contributed by atoms with Gasteiger partial charge in [-0.3, -0.25) is 4.79 Å². The number of amides is 1. The van der Waals surface area contributed by atoms with Crippen molar-refractivity contribution in [3.05, 3.63) is 0 Å². The van der Waals surface area contributed by atoms with Crippen LogP contribution in [0.2, 0.25) is 0 Å². The van der Waals surface area contributed by atoms with Gasteiger partial charge in [0.05, 0.1) is 0 Å². The Hall–Kier alpha value is -0.790. The first-order valence-corrected chi connectivity index (χ1v) is 8.29. The van der Waals surface area contributed by atoms with Crippen LogP contribution in [-0.2, 0) is 25.2 Å². The molecule has 0 aliphatic carbocycles. The maximum atomic E-state index is 12.1. The van der Waals surface area contributed by atoms with Gasteiger partial charge in [0.15, 0.2) is 0 Å². The first-order valence-electron chi connectivity index (χ1n) is 5.41. The molecule has 0 radical (unpaired) electrons. The molecule has 1 rings (SSSR count). The van der Waals surface area contributed by atoms with E-state index in [4.69, 9.17) is 0 Å². The number of hydrogen-bond acceptors (Lipinski definition) is 7. The Morgan fingerprint density at radius 2 is 1.63 bits per heavy atom. The molecule has 4 N–H and O–H groups in total. The van der Waals surface area contributed by atoms with Crippen molar-refractivity contribution in [2.75, 3.05) is 33.7 Å². The van der Waals surface area contributed by atoms with E-state index in [1.165, 1.54) is 0 Å². The zero-order chi connectivity index (χ0) is 14.7. The highest BCUT2D eigenvalue weighted by Gasteiger charge is 2.40. The second-order valence-corrected chi connectivity index (χ2v) is 7.34. The Bertz CT molecular complexity index is 490. The van der Waals surface area contributed by atoms with E-state index in [9.17, 15) is 21.6 Å². The minimum Gasteiger partial charge on any atom is -0.313 e. The molecule has 19 heavy (non-hydrogen) atoms. The van der Waals surface area contributed by atoms with Gasteiger partial charge >= 0.3 is 20.4 Å². The van der Waals surface area contributed by atoms with Crippen LogP contribution in [0.3, 0.4) is 0 Å². The Labute approximate surface area is 112 Å². The molecule has 112 valence electrons. The molecule has 0 saturated carbocycles. The van der Waals surface area contributed by atoms with Gasteiger partial charge in [0.1, 0.15) is 6.04 Å². The van der Waals surface area contributed by atoms with Crippen molar-refractivity contribution in [1.29, 1.82) is 0 Å². The molecule has 1 atom stereocenters. The highest BCUT2D eigenvalue weighted by Crippen LogP contribution is 2.08. The Kier molecular flexibility index (Phi) is 5.23. The summed E-state index contributed by atoms with van der Waals surface area (Å²) in [6, 6.07) is -0.931. The summed E-state index contributed by atoms with van der Waals surface area (Å²) in [6.07, 6.45) is 0. The van der Waals surface area contributed by atoms with Crippen molar-refractivity contribution in [3.63, 3.8) is 0 Å². The van der Waals surface area contributed by atoms with Crippen molar-refractivity contribution in [3.8, 4) is 0 Å². The van der Waals surface area contributed by atoms with E-state index >= 15 is 0 Å². The molecule has 10 nitrogen and oxygen atoms in total. The van der Waals surface area contributed by atoms with Crippen LogP contribution in [-0.4, -0.2) is 66.2 Å².